The first-order valence-corrected chi connectivity index (χ1v) is 18.2. The largest absolute Gasteiger partial charge is 0.309 e. The number of hydrogen-bond donors (Lipinski definition) is 0. The lowest BCUT2D eigenvalue weighted by atomic mass is 10.0. The van der Waals surface area contributed by atoms with Crippen molar-refractivity contribution < 1.29 is 0 Å². The summed E-state index contributed by atoms with van der Waals surface area (Å²) in [5, 5.41) is 33.3. The van der Waals surface area contributed by atoms with Crippen molar-refractivity contribution in [3.8, 4) is 63.1 Å². The van der Waals surface area contributed by atoms with E-state index in [2.05, 4.69) is 118 Å². The molecule has 0 spiro atoms. The second kappa shape index (κ2) is 13.0. The standard InChI is InChI=1S/C50H28N6/c51-29-32-11-16-35(17-12-32)37-20-23-46-41(27-37)39-6-1-3-8-44(39)55(46)48-22-15-34(31-53)26-43(48)50-49(10-5-25-54-50)56-45-9-4-2-7-40(45)42-28-38(21-24-47(42)56)36-18-13-33(30-52)14-19-36/h1-28H. The Morgan fingerprint density at radius 1 is 0.375 bits per heavy atom. The highest BCUT2D eigenvalue weighted by molar-refractivity contribution is 6.12. The maximum atomic E-state index is 10.2. The highest BCUT2D eigenvalue weighted by Gasteiger charge is 2.22. The van der Waals surface area contributed by atoms with Crippen LogP contribution in [0.25, 0.3) is 88.5 Å². The van der Waals surface area contributed by atoms with Crippen LogP contribution in [0.4, 0.5) is 0 Å². The zero-order valence-electron chi connectivity index (χ0n) is 29.8. The summed E-state index contributed by atoms with van der Waals surface area (Å²) in [5.41, 5.74) is 13.5. The minimum atomic E-state index is 0.540. The van der Waals surface area contributed by atoms with Gasteiger partial charge in [0, 0.05) is 33.3 Å². The average molecular weight is 713 g/mol. The third-order valence-electron chi connectivity index (χ3n) is 10.7. The number of benzene rings is 7. The Kier molecular flexibility index (Phi) is 7.53. The predicted molar refractivity (Wildman–Crippen MR) is 223 cm³/mol. The third kappa shape index (κ3) is 5.12. The summed E-state index contributed by atoms with van der Waals surface area (Å²) >= 11 is 0. The van der Waals surface area contributed by atoms with Gasteiger partial charge in [0.05, 0.1) is 74.0 Å². The van der Waals surface area contributed by atoms with Gasteiger partial charge in [0.25, 0.3) is 0 Å². The molecule has 0 fully saturated rings. The van der Waals surface area contributed by atoms with Gasteiger partial charge in [-0.2, -0.15) is 15.8 Å². The van der Waals surface area contributed by atoms with E-state index in [0.717, 1.165) is 88.5 Å². The molecule has 3 aromatic heterocycles. The number of hydrogen-bond acceptors (Lipinski definition) is 4. The number of para-hydroxylation sites is 2. The smallest absolute Gasteiger partial charge is 0.0991 e. The quantitative estimate of drug-likeness (QED) is 0.177. The van der Waals surface area contributed by atoms with Crippen molar-refractivity contribution in [3.63, 3.8) is 0 Å². The Morgan fingerprint density at radius 3 is 1.38 bits per heavy atom. The molecule has 10 aromatic rings. The molecule has 258 valence electrons. The number of nitrogens with zero attached hydrogens (tertiary/aromatic N) is 6. The monoisotopic (exact) mass is 712 g/mol. The molecule has 3 heterocycles. The normalized spacial score (nSPS) is 11.2. The number of rotatable bonds is 5. The fraction of sp³-hybridized carbons (Fsp3) is 0. The Balaban J connectivity index is 1.20. The first-order chi connectivity index (χ1) is 27.6. The average Bonchev–Trinajstić information content (AvgIpc) is 3.78. The van der Waals surface area contributed by atoms with E-state index in [1.165, 1.54) is 0 Å². The first kappa shape index (κ1) is 32.4. The molecule has 0 aliphatic carbocycles. The molecule has 7 aromatic carbocycles. The van der Waals surface area contributed by atoms with Gasteiger partial charge < -0.3 is 9.13 Å². The van der Waals surface area contributed by atoms with E-state index < -0.39 is 0 Å². The van der Waals surface area contributed by atoms with Gasteiger partial charge in [-0.05, 0) is 113 Å². The van der Waals surface area contributed by atoms with E-state index in [1.54, 1.807) is 0 Å². The predicted octanol–water partition coefficient (Wildman–Crippen LogP) is 11.9. The van der Waals surface area contributed by atoms with E-state index >= 15 is 0 Å². The van der Waals surface area contributed by atoms with Crippen molar-refractivity contribution in [1.82, 2.24) is 14.1 Å². The van der Waals surface area contributed by atoms with E-state index in [9.17, 15) is 15.8 Å². The lowest BCUT2D eigenvalue weighted by Crippen LogP contribution is -2.03. The molecule has 0 unspecified atom stereocenters. The molecule has 0 aliphatic rings. The van der Waals surface area contributed by atoms with Crippen molar-refractivity contribution in [2.45, 2.75) is 0 Å². The summed E-state index contributed by atoms with van der Waals surface area (Å²) in [5.74, 6) is 0. The molecule has 0 N–H and O–H groups in total. The maximum Gasteiger partial charge on any atom is 0.0991 e. The van der Waals surface area contributed by atoms with Gasteiger partial charge in [-0.1, -0.05) is 72.8 Å². The van der Waals surface area contributed by atoms with Gasteiger partial charge in [0.15, 0.2) is 0 Å². The summed E-state index contributed by atoms with van der Waals surface area (Å²) in [6.07, 6.45) is 1.81. The molecule has 6 heteroatoms. The second-order valence-corrected chi connectivity index (χ2v) is 13.8. The number of nitriles is 3. The van der Waals surface area contributed by atoms with Crippen LogP contribution >= 0.6 is 0 Å². The SMILES string of the molecule is N#Cc1ccc(-c2ccc3c(c2)c2ccccc2n3-c2ccc(C#N)cc2-c2ncccc2-n2c3ccccc3c3cc(-c4ccc(C#N)cc4)ccc32)cc1. The Morgan fingerprint density at radius 2 is 0.839 bits per heavy atom. The van der Waals surface area contributed by atoms with Crippen LogP contribution in [0, 0.1) is 34.0 Å². The van der Waals surface area contributed by atoms with Gasteiger partial charge in [-0.15, -0.1) is 0 Å². The third-order valence-corrected chi connectivity index (χ3v) is 10.7. The van der Waals surface area contributed by atoms with Gasteiger partial charge >= 0.3 is 0 Å². The topological polar surface area (TPSA) is 94.1 Å². The first-order valence-electron chi connectivity index (χ1n) is 18.2. The highest BCUT2D eigenvalue weighted by atomic mass is 15.0. The van der Waals surface area contributed by atoms with Crippen molar-refractivity contribution in [3.05, 3.63) is 187 Å². The summed E-state index contributed by atoms with van der Waals surface area (Å²) in [7, 11) is 0. The van der Waals surface area contributed by atoms with Crippen molar-refractivity contribution >= 4 is 43.6 Å². The van der Waals surface area contributed by atoms with Crippen molar-refractivity contribution in [2.75, 3.05) is 0 Å². The van der Waals surface area contributed by atoms with E-state index in [0.29, 0.717) is 16.7 Å². The Labute approximate surface area is 322 Å². The van der Waals surface area contributed by atoms with Gasteiger partial charge in [0.2, 0.25) is 0 Å². The lowest BCUT2D eigenvalue weighted by Gasteiger charge is -2.18. The molecule has 0 aliphatic heterocycles. The molecule has 0 amide bonds. The molecule has 0 atom stereocenters. The van der Waals surface area contributed by atoms with E-state index in [1.807, 2.05) is 79.0 Å². The van der Waals surface area contributed by atoms with Crippen LogP contribution in [0.5, 0.6) is 0 Å². The van der Waals surface area contributed by atoms with Gasteiger partial charge in [0.1, 0.15) is 0 Å². The van der Waals surface area contributed by atoms with Crippen LogP contribution < -0.4 is 0 Å². The van der Waals surface area contributed by atoms with Crippen LogP contribution in [0.3, 0.4) is 0 Å². The highest BCUT2D eigenvalue weighted by Crippen LogP contribution is 2.41. The Bertz CT molecular complexity index is 3330. The fourth-order valence-electron chi connectivity index (χ4n) is 8.07. The summed E-state index contributed by atoms with van der Waals surface area (Å²) in [6.45, 7) is 0. The zero-order valence-corrected chi connectivity index (χ0v) is 29.8. The molecule has 0 radical (unpaired) electrons. The lowest BCUT2D eigenvalue weighted by molar-refractivity contribution is 1.13. The van der Waals surface area contributed by atoms with Gasteiger partial charge in [-0.25, -0.2) is 0 Å². The minimum Gasteiger partial charge on any atom is -0.309 e. The maximum absolute atomic E-state index is 10.2. The molecular weight excluding hydrogens is 685 g/mol. The fourth-order valence-corrected chi connectivity index (χ4v) is 8.07. The number of pyridine rings is 1. The summed E-state index contributed by atoms with van der Waals surface area (Å²) in [4.78, 5) is 5.08. The molecular formula is C50H28N6. The van der Waals surface area contributed by atoms with Crippen LogP contribution in [0.1, 0.15) is 16.7 Å². The molecule has 0 saturated carbocycles. The zero-order chi connectivity index (χ0) is 37.8. The molecule has 0 bridgehead atoms. The number of fused-ring (bicyclic) bond motifs is 6. The van der Waals surface area contributed by atoms with Crippen LogP contribution in [0.15, 0.2) is 170 Å². The Hall–Kier alpha value is -8.24. The van der Waals surface area contributed by atoms with E-state index in [-0.39, 0.29) is 0 Å². The molecule has 0 saturated heterocycles. The minimum absolute atomic E-state index is 0.540. The molecule has 6 nitrogen and oxygen atoms in total. The van der Waals surface area contributed by atoms with Crippen LogP contribution in [-0.2, 0) is 0 Å². The van der Waals surface area contributed by atoms with Crippen molar-refractivity contribution in [2.24, 2.45) is 0 Å². The van der Waals surface area contributed by atoms with Crippen molar-refractivity contribution in [1.29, 1.82) is 15.8 Å². The molecule has 56 heavy (non-hydrogen) atoms. The summed E-state index contributed by atoms with van der Waals surface area (Å²) < 4.78 is 4.55. The second-order valence-electron chi connectivity index (χ2n) is 13.8. The van der Waals surface area contributed by atoms with Gasteiger partial charge in [-0.3, -0.25) is 4.98 Å². The van der Waals surface area contributed by atoms with Crippen LogP contribution in [0.2, 0.25) is 0 Å². The van der Waals surface area contributed by atoms with E-state index in [4.69, 9.17) is 4.98 Å². The summed E-state index contributed by atoms with van der Waals surface area (Å²) in [6, 6.07) is 61.9. The molecule has 10 rings (SSSR count). The van der Waals surface area contributed by atoms with Crippen LogP contribution in [-0.4, -0.2) is 14.1 Å². The number of aromatic nitrogens is 3.